The zero-order valence-corrected chi connectivity index (χ0v) is 84.1. The number of anilines is 16. The van der Waals surface area contributed by atoms with Crippen LogP contribution in [-0.2, 0) is 37.9 Å². The zero-order chi connectivity index (χ0) is 99.8. The molecular formula is C110H127N9O16Si. The van der Waals surface area contributed by atoms with Gasteiger partial charge in [0.05, 0.1) is 110 Å². The van der Waals surface area contributed by atoms with Gasteiger partial charge in [0.25, 0.3) is 0 Å². The SMILES string of the molecule is CC(C)(C)OC(=O)N(c1ccc(N=C(c2ccccc2)c2ccccc2)cc1)c1ccc(N(C(=O)OC(C)(C)C)c2ccc(N(C(=O)OC(C)(C)C)c3ccc(N(C(=O)OC(C)(C)C)c4ccc(N(C(=O)OC(C)(C)C)c5ccc(N(C(=O)OC(C)(C)C)c6ccc(N(C(=O)OC(C)(C)C)c7ccc(N(C(=O)OC(C)(C)C)c8ccc([Si](C)(C)C)cc8)cc7)cc6)cc5)cc4)cc3)cc2)cc1. The molecule has 0 aliphatic carbocycles. The summed E-state index contributed by atoms with van der Waals surface area (Å²) >= 11 is 0. The molecule has 712 valence electrons. The van der Waals surface area contributed by atoms with Gasteiger partial charge in [-0.25, -0.2) is 82.5 Å². The summed E-state index contributed by atoms with van der Waals surface area (Å²) in [4.78, 5) is 133. The van der Waals surface area contributed by atoms with Crippen molar-refractivity contribution in [3.05, 3.63) is 290 Å². The first-order valence-electron chi connectivity index (χ1n) is 45.2. The molecule has 0 fully saturated rings. The molecule has 0 unspecified atom stereocenters. The van der Waals surface area contributed by atoms with Gasteiger partial charge in [-0.3, -0.25) is 0 Å². The maximum atomic E-state index is 14.8. The summed E-state index contributed by atoms with van der Waals surface area (Å²) in [6, 6.07) is 81.8. The Morgan fingerprint density at radius 3 is 0.441 bits per heavy atom. The van der Waals surface area contributed by atoms with E-state index >= 15 is 0 Å². The molecule has 136 heavy (non-hydrogen) atoms. The molecule has 11 aromatic carbocycles. The van der Waals surface area contributed by atoms with E-state index in [1.165, 1.54) is 44.4 Å². The van der Waals surface area contributed by atoms with Crippen LogP contribution in [-0.4, -0.2) is 107 Å². The smallest absolute Gasteiger partial charge is 0.419 e. The van der Waals surface area contributed by atoms with E-state index in [1.807, 2.05) is 97.1 Å². The fourth-order valence-corrected chi connectivity index (χ4v) is 15.2. The molecule has 0 heterocycles. The maximum Gasteiger partial charge on any atom is 0.419 e. The number of rotatable bonds is 20. The first kappa shape index (κ1) is 102. The Hall–Kier alpha value is -14.5. The van der Waals surface area contributed by atoms with E-state index in [1.54, 1.807) is 348 Å². The molecule has 8 amide bonds. The van der Waals surface area contributed by atoms with Gasteiger partial charge in [0.2, 0.25) is 0 Å². The lowest BCUT2D eigenvalue weighted by molar-refractivity contribution is 0.0586. The normalized spacial score (nSPS) is 12.0. The maximum absolute atomic E-state index is 14.8. The Labute approximate surface area is 801 Å². The topological polar surface area (TPSA) is 249 Å². The van der Waals surface area contributed by atoms with Gasteiger partial charge >= 0.3 is 48.7 Å². The molecule has 0 N–H and O–H groups in total. The van der Waals surface area contributed by atoms with Crippen molar-refractivity contribution in [1.82, 2.24) is 0 Å². The molecule has 25 nitrogen and oxygen atoms in total. The number of nitrogens with zero attached hydrogens (tertiary/aromatic N) is 9. The molecule has 0 aromatic heterocycles. The van der Waals surface area contributed by atoms with Crippen LogP contribution in [0, 0.1) is 0 Å². The summed E-state index contributed by atoms with van der Waals surface area (Å²) in [6.07, 6.45) is -5.66. The first-order valence-corrected chi connectivity index (χ1v) is 48.7. The standard InChI is InChI=1S/C110H127N9O16Si/c1-103(2,3)128-95(120)112(77-40-38-76(39-41-77)111-94(74-34-30-28-31-35-74)75-36-32-29-33-37-75)78-42-44-79(45-43-78)113(96(121)129-104(4,5)6)80-46-48-81(49-47-80)114(97(122)130-105(7,8)9)82-50-52-83(53-51-82)115(98(123)131-106(10,11)12)84-54-56-85(57-55-84)116(99(124)132-107(13,14)15)86-58-60-87(61-59-86)117(100(125)133-108(16,17)18)88-62-64-89(65-63-88)118(101(126)134-109(19,20)21)90-66-68-91(69-67-90)119(102(127)135-110(22,23)24)92-70-72-93(73-71-92)136(25,26)27/h28-73H,1-27H3. The largest absolute Gasteiger partial charge is 0.443 e. The van der Waals surface area contributed by atoms with Gasteiger partial charge < -0.3 is 37.9 Å². The van der Waals surface area contributed by atoms with Crippen LogP contribution in [0.15, 0.2) is 284 Å². The number of benzene rings is 11. The van der Waals surface area contributed by atoms with Crippen LogP contribution in [0.25, 0.3) is 0 Å². The molecule has 0 atom stereocenters. The zero-order valence-electron chi connectivity index (χ0n) is 83.1. The number of ether oxygens (including phenoxy) is 8. The predicted molar refractivity (Wildman–Crippen MR) is 546 cm³/mol. The average Bonchev–Trinajstić information content (AvgIpc) is 0.781. The van der Waals surface area contributed by atoms with Crippen LogP contribution in [0.3, 0.4) is 0 Å². The van der Waals surface area contributed by atoms with Crippen LogP contribution < -0.4 is 44.4 Å². The van der Waals surface area contributed by atoms with Crippen molar-refractivity contribution in [2.45, 2.75) is 231 Å². The van der Waals surface area contributed by atoms with Gasteiger partial charge in [0.15, 0.2) is 0 Å². The second-order valence-corrected chi connectivity index (χ2v) is 46.7. The highest BCUT2D eigenvalue weighted by atomic mass is 28.3. The molecule has 0 bridgehead atoms. The van der Waals surface area contributed by atoms with E-state index in [4.69, 9.17) is 42.9 Å². The van der Waals surface area contributed by atoms with Gasteiger partial charge in [-0.2, -0.15) is 0 Å². The van der Waals surface area contributed by atoms with E-state index in [9.17, 15) is 38.4 Å². The highest BCUT2D eigenvalue weighted by Crippen LogP contribution is 2.43. The summed E-state index contributed by atoms with van der Waals surface area (Å²) in [5, 5.41) is 1.22. The monoisotopic (exact) mass is 1860 g/mol. The van der Waals surface area contributed by atoms with Crippen LogP contribution >= 0.6 is 0 Å². The van der Waals surface area contributed by atoms with Crippen molar-refractivity contribution in [3.8, 4) is 0 Å². The first-order chi connectivity index (χ1) is 63.3. The Kier molecular flexibility index (Phi) is 30.5. The van der Waals surface area contributed by atoms with Crippen LogP contribution in [0.2, 0.25) is 19.6 Å². The van der Waals surface area contributed by atoms with Gasteiger partial charge in [-0.15, -0.1) is 0 Å². The average molecular weight is 1860 g/mol. The van der Waals surface area contributed by atoms with Gasteiger partial charge in [0, 0.05) is 11.1 Å². The minimum atomic E-state index is -1.70. The fourth-order valence-electron chi connectivity index (χ4n) is 14.0. The molecule has 0 aliphatic heterocycles. The Morgan fingerprint density at radius 2 is 0.316 bits per heavy atom. The number of amides is 8. The number of carbonyl (C=O) groups excluding carboxylic acids is 8. The number of aliphatic imine (C=N–C) groups is 1. The molecule has 0 radical (unpaired) electrons. The lowest BCUT2D eigenvalue weighted by Gasteiger charge is -2.31. The molecule has 0 saturated heterocycles. The van der Waals surface area contributed by atoms with Crippen molar-refractivity contribution in [3.63, 3.8) is 0 Å². The van der Waals surface area contributed by atoms with E-state index < -0.39 is 102 Å². The van der Waals surface area contributed by atoms with Crippen molar-refractivity contribution in [1.29, 1.82) is 0 Å². The molecule has 0 saturated carbocycles. The highest BCUT2D eigenvalue weighted by molar-refractivity contribution is 6.88. The number of hydrogen-bond acceptors (Lipinski definition) is 17. The minimum absolute atomic E-state index is 0.315. The Morgan fingerprint density at radius 1 is 0.191 bits per heavy atom. The van der Waals surface area contributed by atoms with E-state index in [-0.39, 0.29) is 0 Å². The third kappa shape index (κ3) is 27.8. The summed E-state index contributed by atoms with van der Waals surface area (Å²) in [7, 11) is -1.70. The predicted octanol–water partition coefficient (Wildman–Crippen LogP) is 30.0. The van der Waals surface area contributed by atoms with E-state index in [0.717, 1.165) is 16.8 Å². The Bertz CT molecular complexity index is 5960. The van der Waals surface area contributed by atoms with Crippen LogP contribution in [0.4, 0.5) is 135 Å². The van der Waals surface area contributed by atoms with Gasteiger partial charge in [-0.05, 0) is 372 Å². The Balaban J connectivity index is 0.893. The van der Waals surface area contributed by atoms with Gasteiger partial charge in [-0.1, -0.05) is 97.6 Å². The lowest BCUT2D eigenvalue weighted by atomic mass is 10.0. The van der Waals surface area contributed by atoms with Crippen molar-refractivity contribution >= 4 is 164 Å². The second-order valence-electron chi connectivity index (χ2n) is 41.6. The molecule has 11 rings (SSSR count). The van der Waals surface area contributed by atoms with Crippen molar-refractivity contribution < 1.29 is 76.3 Å². The lowest BCUT2D eigenvalue weighted by Crippen LogP contribution is -2.38. The van der Waals surface area contributed by atoms with E-state index in [2.05, 4.69) is 19.6 Å². The van der Waals surface area contributed by atoms with Crippen molar-refractivity contribution in [2.75, 3.05) is 39.2 Å². The fraction of sp³-hybridized carbons (Fsp3) is 0.318. The van der Waals surface area contributed by atoms with Gasteiger partial charge in [0.1, 0.15) is 44.8 Å². The minimum Gasteiger partial charge on any atom is -0.443 e. The number of carbonyl (C=O) groups is 8. The highest BCUT2D eigenvalue weighted by Gasteiger charge is 2.37. The summed E-state index contributed by atoms with van der Waals surface area (Å²) in [6.45, 7) is 49.1. The van der Waals surface area contributed by atoms with Crippen molar-refractivity contribution in [2.24, 2.45) is 4.99 Å². The van der Waals surface area contributed by atoms with E-state index in [0.29, 0.717) is 96.7 Å². The molecule has 26 heteroatoms. The third-order valence-corrected chi connectivity index (χ3v) is 21.7. The number of hydrogen-bond donors (Lipinski definition) is 0. The van der Waals surface area contributed by atoms with Crippen LogP contribution in [0.1, 0.15) is 177 Å². The molecule has 0 aliphatic rings. The van der Waals surface area contributed by atoms with Crippen LogP contribution in [0.5, 0.6) is 0 Å². The molecule has 0 spiro atoms. The third-order valence-electron chi connectivity index (χ3n) is 19.6. The molecular weight excluding hydrogens is 1730 g/mol. The quantitative estimate of drug-likeness (QED) is 0.0391. The molecule has 11 aromatic rings. The summed E-state index contributed by atoms with van der Waals surface area (Å²) in [5.41, 5.74) is 1.93. The summed E-state index contributed by atoms with van der Waals surface area (Å²) < 4.78 is 48.4. The second kappa shape index (κ2) is 40.7. The summed E-state index contributed by atoms with van der Waals surface area (Å²) in [5.74, 6) is 0.